The van der Waals surface area contributed by atoms with E-state index in [9.17, 15) is 20.2 Å². The van der Waals surface area contributed by atoms with Crippen molar-refractivity contribution in [2.24, 2.45) is 0 Å². The summed E-state index contributed by atoms with van der Waals surface area (Å²) in [5, 5.41) is 21.4. The van der Waals surface area contributed by atoms with Crippen LogP contribution >= 0.6 is 0 Å². The largest absolute Gasteiger partial charge is 0.272 e. The highest BCUT2D eigenvalue weighted by Crippen LogP contribution is 2.22. The maximum absolute atomic E-state index is 10.9. The van der Waals surface area contributed by atoms with Crippen LogP contribution in [0.2, 0.25) is 0 Å². The number of nitro benzene ring substituents is 2. The van der Waals surface area contributed by atoms with Gasteiger partial charge in [0.25, 0.3) is 11.4 Å². The molecule has 102 valence electrons. The van der Waals surface area contributed by atoms with Crippen molar-refractivity contribution >= 4 is 11.4 Å². The Labute approximate surface area is 115 Å². The summed E-state index contributed by atoms with van der Waals surface area (Å²) in [6.45, 7) is 1.69. The molecule has 0 atom stereocenters. The first kappa shape index (κ1) is 13.7. The summed E-state index contributed by atoms with van der Waals surface area (Å²) >= 11 is 0. The van der Waals surface area contributed by atoms with E-state index in [0.717, 1.165) is 11.1 Å². The van der Waals surface area contributed by atoms with Crippen LogP contribution in [-0.4, -0.2) is 9.85 Å². The lowest BCUT2D eigenvalue weighted by atomic mass is 10.0. The van der Waals surface area contributed by atoms with E-state index >= 15 is 0 Å². The van der Waals surface area contributed by atoms with E-state index in [-0.39, 0.29) is 11.4 Å². The molecule has 0 saturated heterocycles. The van der Waals surface area contributed by atoms with E-state index in [1.54, 1.807) is 25.1 Å². The van der Waals surface area contributed by atoms with Gasteiger partial charge in [0.1, 0.15) is 0 Å². The molecule has 0 radical (unpaired) electrons. The zero-order valence-electron chi connectivity index (χ0n) is 10.8. The molecular formula is C14H12N2O4. The number of non-ortho nitro benzene ring substituents is 1. The Morgan fingerprint density at radius 1 is 0.900 bits per heavy atom. The number of nitro groups is 2. The van der Waals surface area contributed by atoms with E-state index in [2.05, 4.69) is 0 Å². The number of hydrogen-bond acceptors (Lipinski definition) is 4. The second-order valence-corrected chi connectivity index (χ2v) is 4.48. The summed E-state index contributed by atoms with van der Waals surface area (Å²) in [5.74, 6) is 0. The molecule has 0 N–H and O–H groups in total. The topological polar surface area (TPSA) is 86.3 Å². The van der Waals surface area contributed by atoms with Gasteiger partial charge in [0.2, 0.25) is 0 Å². The monoisotopic (exact) mass is 272 g/mol. The number of aryl methyl sites for hydroxylation is 1. The summed E-state index contributed by atoms with van der Waals surface area (Å²) in [6, 6.07) is 11.2. The summed E-state index contributed by atoms with van der Waals surface area (Å²) in [7, 11) is 0. The molecule has 2 aromatic rings. The Kier molecular flexibility index (Phi) is 3.74. The maximum atomic E-state index is 10.9. The molecule has 0 amide bonds. The predicted molar refractivity (Wildman–Crippen MR) is 73.7 cm³/mol. The third-order valence-electron chi connectivity index (χ3n) is 3.03. The highest BCUT2D eigenvalue weighted by Gasteiger charge is 2.11. The van der Waals surface area contributed by atoms with E-state index in [0.29, 0.717) is 12.0 Å². The van der Waals surface area contributed by atoms with Gasteiger partial charge in [0.15, 0.2) is 0 Å². The molecular weight excluding hydrogens is 260 g/mol. The summed E-state index contributed by atoms with van der Waals surface area (Å²) in [5.41, 5.74) is 2.40. The van der Waals surface area contributed by atoms with Crippen molar-refractivity contribution in [3.8, 4) is 0 Å². The van der Waals surface area contributed by atoms with E-state index in [1.807, 2.05) is 6.07 Å². The van der Waals surface area contributed by atoms with Crippen LogP contribution in [0, 0.1) is 27.2 Å². The molecule has 20 heavy (non-hydrogen) atoms. The van der Waals surface area contributed by atoms with Gasteiger partial charge in [0, 0.05) is 23.8 Å². The van der Waals surface area contributed by atoms with Crippen LogP contribution in [0.25, 0.3) is 0 Å². The zero-order chi connectivity index (χ0) is 14.7. The third-order valence-corrected chi connectivity index (χ3v) is 3.03. The van der Waals surface area contributed by atoms with Gasteiger partial charge in [-0.05, 0) is 24.5 Å². The first-order valence-electron chi connectivity index (χ1n) is 5.94. The second-order valence-electron chi connectivity index (χ2n) is 4.48. The molecule has 0 saturated carbocycles. The molecule has 0 spiro atoms. The Bertz CT molecular complexity index is 665. The maximum Gasteiger partial charge on any atom is 0.272 e. The molecule has 0 fully saturated rings. The molecule has 0 bridgehead atoms. The quantitative estimate of drug-likeness (QED) is 0.630. The van der Waals surface area contributed by atoms with Gasteiger partial charge in [-0.25, -0.2) is 0 Å². The smallest absolute Gasteiger partial charge is 0.258 e. The lowest BCUT2D eigenvalue weighted by Crippen LogP contribution is -1.95. The summed E-state index contributed by atoms with van der Waals surface area (Å²) in [6.07, 6.45) is 0.499. The number of rotatable bonds is 4. The van der Waals surface area contributed by atoms with Crippen LogP contribution in [0.1, 0.15) is 16.7 Å². The minimum atomic E-state index is -0.458. The van der Waals surface area contributed by atoms with E-state index < -0.39 is 9.85 Å². The number of nitrogens with zero attached hydrogens (tertiary/aromatic N) is 2. The van der Waals surface area contributed by atoms with Crippen molar-refractivity contribution in [3.63, 3.8) is 0 Å². The first-order chi connectivity index (χ1) is 9.47. The third kappa shape index (κ3) is 2.97. The predicted octanol–water partition coefficient (Wildman–Crippen LogP) is 3.40. The molecule has 0 aromatic heterocycles. The van der Waals surface area contributed by atoms with Crippen molar-refractivity contribution in [2.75, 3.05) is 0 Å². The Hall–Kier alpha value is -2.76. The first-order valence-corrected chi connectivity index (χ1v) is 5.94. The van der Waals surface area contributed by atoms with Crippen molar-refractivity contribution < 1.29 is 9.85 Å². The number of hydrogen-bond donors (Lipinski definition) is 0. The Balaban J connectivity index is 2.23. The molecule has 0 aliphatic carbocycles. The molecule has 0 aliphatic heterocycles. The fourth-order valence-electron chi connectivity index (χ4n) is 1.93. The minimum Gasteiger partial charge on any atom is -0.258 e. The van der Waals surface area contributed by atoms with Gasteiger partial charge in [-0.1, -0.05) is 24.3 Å². The summed E-state index contributed by atoms with van der Waals surface area (Å²) in [4.78, 5) is 20.6. The molecule has 6 nitrogen and oxygen atoms in total. The van der Waals surface area contributed by atoms with Crippen molar-refractivity contribution in [1.82, 2.24) is 0 Å². The lowest BCUT2D eigenvalue weighted by molar-refractivity contribution is -0.385. The average molecular weight is 272 g/mol. The van der Waals surface area contributed by atoms with E-state index in [4.69, 9.17) is 0 Å². The Morgan fingerprint density at radius 3 is 2.05 bits per heavy atom. The highest BCUT2D eigenvalue weighted by atomic mass is 16.6. The number of benzene rings is 2. The van der Waals surface area contributed by atoms with Crippen LogP contribution in [0.5, 0.6) is 0 Å². The Morgan fingerprint density at radius 2 is 1.50 bits per heavy atom. The molecule has 0 heterocycles. The highest BCUT2D eigenvalue weighted by molar-refractivity contribution is 5.44. The van der Waals surface area contributed by atoms with Gasteiger partial charge >= 0.3 is 0 Å². The average Bonchev–Trinajstić information content (AvgIpc) is 2.41. The summed E-state index contributed by atoms with van der Waals surface area (Å²) < 4.78 is 0. The second kappa shape index (κ2) is 5.48. The van der Waals surface area contributed by atoms with Crippen molar-refractivity contribution in [1.29, 1.82) is 0 Å². The van der Waals surface area contributed by atoms with Crippen LogP contribution < -0.4 is 0 Å². The lowest BCUT2D eigenvalue weighted by Gasteiger charge is -2.03. The van der Waals surface area contributed by atoms with Crippen LogP contribution in [-0.2, 0) is 6.42 Å². The fourth-order valence-corrected chi connectivity index (χ4v) is 1.93. The normalized spacial score (nSPS) is 10.2. The minimum absolute atomic E-state index is 0.0311. The van der Waals surface area contributed by atoms with Crippen molar-refractivity contribution in [3.05, 3.63) is 79.4 Å². The van der Waals surface area contributed by atoms with Crippen LogP contribution in [0.4, 0.5) is 11.4 Å². The van der Waals surface area contributed by atoms with Gasteiger partial charge in [0.05, 0.1) is 9.85 Å². The fraction of sp³-hybridized carbons (Fsp3) is 0.143. The molecule has 2 rings (SSSR count). The molecule has 2 aromatic carbocycles. The standard InChI is InChI=1S/C14H12N2O4/c1-10-2-3-12(9-14(10)16(19)20)8-11-4-6-13(7-5-11)15(17)18/h2-7,9H,8H2,1H3. The van der Waals surface area contributed by atoms with Crippen LogP contribution in [0.3, 0.4) is 0 Å². The molecule has 0 unspecified atom stereocenters. The zero-order valence-corrected chi connectivity index (χ0v) is 10.8. The van der Waals surface area contributed by atoms with Gasteiger partial charge in [-0.15, -0.1) is 0 Å². The van der Waals surface area contributed by atoms with E-state index in [1.165, 1.54) is 18.2 Å². The van der Waals surface area contributed by atoms with Crippen LogP contribution in [0.15, 0.2) is 42.5 Å². The molecule has 6 heteroatoms. The SMILES string of the molecule is Cc1ccc(Cc2ccc([N+](=O)[O-])cc2)cc1[N+](=O)[O-]. The van der Waals surface area contributed by atoms with Gasteiger partial charge < -0.3 is 0 Å². The van der Waals surface area contributed by atoms with Crippen molar-refractivity contribution in [2.45, 2.75) is 13.3 Å². The van der Waals surface area contributed by atoms with Gasteiger partial charge in [-0.2, -0.15) is 0 Å². The van der Waals surface area contributed by atoms with Gasteiger partial charge in [-0.3, -0.25) is 20.2 Å². The molecule has 0 aliphatic rings.